The van der Waals surface area contributed by atoms with Crippen molar-refractivity contribution < 1.29 is 18.0 Å². The van der Waals surface area contributed by atoms with Gasteiger partial charge in [-0.25, -0.2) is 8.42 Å². The first-order valence-electron chi connectivity index (χ1n) is 13.2. The van der Waals surface area contributed by atoms with Gasteiger partial charge in [0.1, 0.15) is 12.6 Å². The molecule has 0 radical (unpaired) electrons. The summed E-state index contributed by atoms with van der Waals surface area (Å²) in [7, 11) is -4.16. The van der Waals surface area contributed by atoms with Gasteiger partial charge in [0.15, 0.2) is 0 Å². The number of carbonyl (C=O) groups is 2. The number of halogens is 2. The highest BCUT2D eigenvalue weighted by molar-refractivity contribution is 7.92. The van der Waals surface area contributed by atoms with Crippen molar-refractivity contribution in [3.63, 3.8) is 0 Å². The van der Waals surface area contributed by atoms with E-state index in [2.05, 4.69) is 5.32 Å². The molecule has 0 aliphatic rings. The van der Waals surface area contributed by atoms with Gasteiger partial charge in [0.05, 0.1) is 10.6 Å². The Bertz CT molecular complexity index is 1420. The quantitative estimate of drug-likeness (QED) is 0.235. The molecule has 0 saturated carbocycles. The molecule has 10 heteroatoms. The maximum Gasteiger partial charge on any atom is 0.264 e. The predicted molar refractivity (Wildman–Crippen MR) is 161 cm³/mol. The molecular formula is C30H35Cl2N3O4S. The average molecular weight is 605 g/mol. The number of benzene rings is 3. The van der Waals surface area contributed by atoms with E-state index in [0.717, 1.165) is 22.7 Å². The number of sulfonamides is 1. The fourth-order valence-corrected chi connectivity index (χ4v) is 6.02. The van der Waals surface area contributed by atoms with E-state index in [1.165, 1.54) is 23.1 Å². The maximum absolute atomic E-state index is 14.1. The molecule has 40 heavy (non-hydrogen) atoms. The molecule has 3 aromatic rings. The second kappa shape index (κ2) is 14.5. The third-order valence-electron chi connectivity index (χ3n) is 6.57. The van der Waals surface area contributed by atoms with Gasteiger partial charge in [0, 0.05) is 23.1 Å². The van der Waals surface area contributed by atoms with Crippen LogP contribution in [0, 0.1) is 6.92 Å². The van der Waals surface area contributed by atoms with Crippen molar-refractivity contribution in [3.05, 3.63) is 94.0 Å². The van der Waals surface area contributed by atoms with Crippen LogP contribution in [0.15, 0.2) is 77.7 Å². The Morgan fingerprint density at radius 1 is 0.925 bits per heavy atom. The molecule has 7 nitrogen and oxygen atoms in total. The zero-order chi connectivity index (χ0) is 29.3. The molecule has 0 fully saturated rings. The first kappa shape index (κ1) is 31.5. The highest BCUT2D eigenvalue weighted by atomic mass is 35.5. The molecular weight excluding hydrogens is 569 g/mol. The number of unbranched alkanes of at least 4 members (excludes halogenated alkanes) is 1. The monoisotopic (exact) mass is 603 g/mol. The molecule has 0 aliphatic carbocycles. The van der Waals surface area contributed by atoms with E-state index >= 15 is 0 Å². The summed E-state index contributed by atoms with van der Waals surface area (Å²) in [5.74, 6) is -0.846. The van der Waals surface area contributed by atoms with E-state index in [1.54, 1.807) is 54.6 Å². The van der Waals surface area contributed by atoms with Gasteiger partial charge in [-0.15, -0.1) is 0 Å². The number of carbonyl (C=O) groups excluding carboxylic acids is 2. The van der Waals surface area contributed by atoms with E-state index in [4.69, 9.17) is 23.2 Å². The first-order valence-corrected chi connectivity index (χ1v) is 15.4. The molecule has 0 heterocycles. The van der Waals surface area contributed by atoms with Crippen molar-refractivity contribution >= 4 is 50.7 Å². The van der Waals surface area contributed by atoms with Crippen LogP contribution in [0.1, 0.15) is 44.2 Å². The summed E-state index contributed by atoms with van der Waals surface area (Å²) < 4.78 is 28.8. The number of hydrogen-bond donors (Lipinski definition) is 1. The number of nitrogens with one attached hydrogen (secondary N) is 1. The summed E-state index contributed by atoms with van der Waals surface area (Å²) in [6, 6.07) is 19.0. The molecule has 0 aliphatic heterocycles. The normalized spacial score (nSPS) is 12.0. The fraction of sp³-hybridized carbons (Fsp3) is 0.333. The van der Waals surface area contributed by atoms with Crippen molar-refractivity contribution in [1.82, 2.24) is 10.2 Å². The summed E-state index contributed by atoms with van der Waals surface area (Å²) in [5.41, 5.74) is 1.66. The molecule has 1 unspecified atom stereocenters. The van der Waals surface area contributed by atoms with Crippen molar-refractivity contribution in [2.24, 2.45) is 0 Å². The largest absolute Gasteiger partial charge is 0.354 e. The average Bonchev–Trinajstić information content (AvgIpc) is 2.94. The molecule has 0 bridgehead atoms. The van der Waals surface area contributed by atoms with Gasteiger partial charge in [-0.2, -0.15) is 0 Å². The van der Waals surface area contributed by atoms with Crippen molar-refractivity contribution in [2.45, 2.75) is 57.5 Å². The van der Waals surface area contributed by atoms with Gasteiger partial charge in [0.2, 0.25) is 11.8 Å². The third-order valence-corrected chi connectivity index (χ3v) is 9.13. The molecule has 1 N–H and O–H groups in total. The molecule has 0 aromatic heterocycles. The van der Waals surface area contributed by atoms with Crippen molar-refractivity contribution in [3.8, 4) is 0 Å². The minimum Gasteiger partial charge on any atom is -0.354 e. The summed E-state index contributed by atoms with van der Waals surface area (Å²) in [5, 5.41) is 3.72. The molecule has 3 aromatic carbocycles. The molecule has 214 valence electrons. The lowest BCUT2D eigenvalue weighted by atomic mass is 10.1. The second-order valence-electron chi connectivity index (χ2n) is 9.44. The van der Waals surface area contributed by atoms with Gasteiger partial charge < -0.3 is 10.2 Å². The molecule has 0 saturated heterocycles. The Hall–Kier alpha value is -3.07. The molecule has 2 amide bonds. The zero-order valence-corrected chi connectivity index (χ0v) is 25.3. The van der Waals surface area contributed by atoms with Crippen LogP contribution in [-0.4, -0.2) is 44.3 Å². The van der Waals surface area contributed by atoms with Gasteiger partial charge in [-0.05, 0) is 61.2 Å². The lowest BCUT2D eigenvalue weighted by Crippen LogP contribution is -2.52. The van der Waals surface area contributed by atoms with E-state index in [1.807, 2.05) is 20.8 Å². The Morgan fingerprint density at radius 2 is 1.60 bits per heavy atom. The van der Waals surface area contributed by atoms with Crippen LogP contribution in [0.25, 0.3) is 0 Å². The summed E-state index contributed by atoms with van der Waals surface area (Å²) in [4.78, 5) is 28.7. The van der Waals surface area contributed by atoms with Gasteiger partial charge >= 0.3 is 0 Å². The van der Waals surface area contributed by atoms with Crippen LogP contribution in [0.4, 0.5) is 5.69 Å². The van der Waals surface area contributed by atoms with Crippen LogP contribution in [0.2, 0.25) is 10.0 Å². The number of amides is 2. The lowest BCUT2D eigenvalue weighted by molar-refractivity contribution is -0.140. The minimum absolute atomic E-state index is 0.0292. The lowest BCUT2D eigenvalue weighted by Gasteiger charge is -2.33. The van der Waals surface area contributed by atoms with Crippen LogP contribution in [-0.2, 0) is 26.2 Å². The summed E-state index contributed by atoms with van der Waals surface area (Å²) >= 11 is 12.8. The van der Waals surface area contributed by atoms with E-state index in [9.17, 15) is 18.0 Å². The Labute approximate surface area is 247 Å². The van der Waals surface area contributed by atoms with Crippen LogP contribution >= 0.6 is 23.2 Å². The van der Waals surface area contributed by atoms with E-state index in [0.29, 0.717) is 28.6 Å². The fourth-order valence-electron chi connectivity index (χ4n) is 4.22. The predicted octanol–water partition coefficient (Wildman–Crippen LogP) is 6.22. The highest BCUT2D eigenvalue weighted by Crippen LogP contribution is 2.29. The summed E-state index contributed by atoms with van der Waals surface area (Å²) in [6.07, 6.45) is 2.04. The standard InChI is InChI=1S/C30H35Cl2N3O4S/c1-4-6-18-33-30(37)28(5-2)34(20-23-12-10-11-15-26(23)31)29(36)21-35(24-17-16-22(3)27(32)19-24)40(38,39)25-13-8-7-9-14-25/h7-17,19,28H,4-6,18,20-21H2,1-3H3,(H,33,37). The van der Waals surface area contributed by atoms with Crippen LogP contribution in [0.3, 0.4) is 0 Å². The van der Waals surface area contributed by atoms with Gasteiger partial charge in [-0.1, -0.05) is 85.9 Å². The van der Waals surface area contributed by atoms with Gasteiger partial charge in [0.25, 0.3) is 10.0 Å². The second-order valence-corrected chi connectivity index (χ2v) is 12.1. The SMILES string of the molecule is CCCCNC(=O)C(CC)N(Cc1ccccc1Cl)C(=O)CN(c1ccc(C)c(Cl)c1)S(=O)(=O)c1ccccc1. The smallest absolute Gasteiger partial charge is 0.264 e. The van der Waals surface area contributed by atoms with E-state index < -0.39 is 28.5 Å². The number of anilines is 1. The Kier molecular flexibility index (Phi) is 11.4. The third kappa shape index (κ3) is 7.77. The number of nitrogens with zero attached hydrogens (tertiary/aromatic N) is 2. The zero-order valence-electron chi connectivity index (χ0n) is 22.9. The van der Waals surface area contributed by atoms with Crippen molar-refractivity contribution in [1.29, 1.82) is 0 Å². The minimum atomic E-state index is -4.16. The topological polar surface area (TPSA) is 86.8 Å². The Morgan fingerprint density at radius 3 is 2.23 bits per heavy atom. The van der Waals surface area contributed by atoms with Crippen LogP contribution < -0.4 is 9.62 Å². The molecule has 1 atom stereocenters. The molecule has 0 spiro atoms. The molecule has 3 rings (SSSR count). The highest BCUT2D eigenvalue weighted by Gasteiger charge is 2.34. The van der Waals surface area contributed by atoms with Crippen LogP contribution in [0.5, 0.6) is 0 Å². The summed E-state index contributed by atoms with van der Waals surface area (Å²) in [6.45, 7) is 5.62. The van der Waals surface area contributed by atoms with Gasteiger partial charge in [-0.3, -0.25) is 13.9 Å². The number of aryl methyl sites for hydroxylation is 1. The van der Waals surface area contributed by atoms with E-state index in [-0.39, 0.29) is 23.0 Å². The Balaban J connectivity index is 2.06. The number of hydrogen-bond acceptors (Lipinski definition) is 4. The number of rotatable bonds is 13. The maximum atomic E-state index is 14.1. The van der Waals surface area contributed by atoms with Crippen molar-refractivity contribution in [2.75, 3.05) is 17.4 Å². The first-order chi connectivity index (χ1) is 19.1.